The zero-order valence-corrected chi connectivity index (χ0v) is 12.2. The van der Waals surface area contributed by atoms with E-state index < -0.39 is 0 Å². The largest absolute Gasteiger partial charge is 0.314 e. The molecule has 1 saturated heterocycles. The fraction of sp³-hybridized carbons (Fsp3) is 0.571. The van der Waals surface area contributed by atoms with Gasteiger partial charge in [-0.1, -0.05) is 12.1 Å². The molecule has 4 heteroatoms. The lowest BCUT2D eigenvalue weighted by molar-refractivity contribution is 0.135. The van der Waals surface area contributed by atoms with Crippen molar-refractivity contribution in [2.75, 3.05) is 46.2 Å². The molecule has 0 aliphatic carbocycles. The predicted molar refractivity (Wildman–Crippen MR) is 79.0 cm³/mol. The summed E-state index contributed by atoms with van der Waals surface area (Å²) in [6.45, 7) is 6.66. The summed E-state index contributed by atoms with van der Waals surface area (Å²) < 4.78 is 0. The fourth-order valence-corrected chi connectivity index (χ4v) is 2.69. The highest BCUT2D eigenvalue weighted by Gasteiger charge is 2.11. The van der Waals surface area contributed by atoms with E-state index >= 15 is 0 Å². The second kappa shape index (κ2) is 7.14. The number of rotatable bonds is 5. The van der Waals surface area contributed by atoms with Crippen LogP contribution in [0, 0.1) is 0 Å². The number of thioether (sulfide) groups is 1. The molecule has 18 heavy (non-hydrogen) atoms. The van der Waals surface area contributed by atoms with Crippen LogP contribution in [0.15, 0.2) is 29.2 Å². The molecule has 0 bridgehead atoms. The monoisotopic (exact) mass is 265 g/mol. The van der Waals surface area contributed by atoms with E-state index in [1.54, 1.807) is 11.8 Å². The Morgan fingerprint density at radius 1 is 1.22 bits per heavy atom. The van der Waals surface area contributed by atoms with E-state index in [1.807, 2.05) is 0 Å². The van der Waals surface area contributed by atoms with Crippen molar-refractivity contribution in [3.05, 3.63) is 29.8 Å². The van der Waals surface area contributed by atoms with E-state index in [2.05, 4.69) is 52.7 Å². The summed E-state index contributed by atoms with van der Waals surface area (Å²) in [4.78, 5) is 6.23. The highest BCUT2D eigenvalue weighted by atomic mass is 32.2. The molecule has 0 radical (unpaired) electrons. The first-order valence-corrected chi connectivity index (χ1v) is 7.75. The van der Waals surface area contributed by atoms with Crippen molar-refractivity contribution in [3.63, 3.8) is 0 Å². The molecular formula is C14H23N3S. The molecule has 0 spiro atoms. The highest BCUT2D eigenvalue weighted by molar-refractivity contribution is 7.98. The number of nitrogens with zero attached hydrogens (tertiary/aromatic N) is 2. The summed E-state index contributed by atoms with van der Waals surface area (Å²) in [5, 5.41) is 3.39. The summed E-state index contributed by atoms with van der Waals surface area (Å²) in [5.41, 5.74) is 1.39. The molecule has 1 fully saturated rings. The fourth-order valence-electron chi connectivity index (χ4n) is 2.29. The van der Waals surface area contributed by atoms with Gasteiger partial charge in [0.2, 0.25) is 0 Å². The minimum Gasteiger partial charge on any atom is -0.314 e. The van der Waals surface area contributed by atoms with Crippen molar-refractivity contribution < 1.29 is 0 Å². The molecule has 0 unspecified atom stereocenters. The number of benzene rings is 1. The smallest absolute Gasteiger partial charge is 0.0507 e. The SMILES string of the molecule is CSc1ccc(CN(C)CN2CCNCC2)cc1. The topological polar surface area (TPSA) is 18.5 Å². The van der Waals surface area contributed by atoms with Crippen LogP contribution >= 0.6 is 11.8 Å². The Morgan fingerprint density at radius 2 is 1.89 bits per heavy atom. The quantitative estimate of drug-likeness (QED) is 0.817. The Balaban J connectivity index is 1.80. The average Bonchev–Trinajstić information content (AvgIpc) is 2.40. The van der Waals surface area contributed by atoms with Crippen LogP contribution in [0.1, 0.15) is 5.56 Å². The van der Waals surface area contributed by atoms with Gasteiger partial charge in [-0.05, 0) is 31.0 Å². The molecule has 1 aliphatic rings. The third kappa shape index (κ3) is 4.28. The molecule has 1 N–H and O–H groups in total. The van der Waals surface area contributed by atoms with Gasteiger partial charge in [-0.3, -0.25) is 9.80 Å². The molecule has 0 aromatic heterocycles. The second-order valence-electron chi connectivity index (χ2n) is 4.87. The summed E-state index contributed by atoms with van der Waals surface area (Å²) in [5.74, 6) is 0. The van der Waals surface area contributed by atoms with Crippen LogP contribution in [0.4, 0.5) is 0 Å². The first-order chi connectivity index (χ1) is 8.78. The number of hydrogen-bond donors (Lipinski definition) is 1. The van der Waals surface area contributed by atoms with Crippen LogP contribution < -0.4 is 5.32 Å². The third-order valence-corrected chi connectivity index (χ3v) is 4.01. The van der Waals surface area contributed by atoms with Gasteiger partial charge in [0.15, 0.2) is 0 Å². The first kappa shape index (κ1) is 13.9. The van der Waals surface area contributed by atoms with E-state index in [1.165, 1.54) is 10.5 Å². The lowest BCUT2D eigenvalue weighted by Crippen LogP contribution is -2.47. The van der Waals surface area contributed by atoms with Crippen LogP contribution in [0.3, 0.4) is 0 Å². The molecule has 1 aliphatic heterocycles. The van der Waals surface area contributed by atoms with Gasteiger partial charge in [0.05, 0.1) is 6.67 Å². The van der Waals surface area contributed by atoms with Crippen LogP contribution in [-0.4, -0.2) is 56.0 Å². The minimum absolute atomic E-state index is 1.03. The van der Waals surface area contributed by atoms with Crippen molar-refractivity contribution in [1.82, 2.24) is 15.1 Å². The maximum Gasteiger partial charge on any atom is 0.0507 e. The Kier molecular flexibility index (Phi) is 5.50. The van der Waals surface area contributed by atoms with Crippen molar-refractivity contribution >= 4 is 11.8 Å². The Morgan fingerprint density at radius 3 is 2.50 bits per heavy atom. The molecular weight excluding hydrogens is 242 g/mol. The Labute approximate surface area is 115 Å². The average molecular weight is 265 g/mol. The lowest BCUT2D eigenvalue weighted by Gasteiger charge is -2.31. The Bertz CT molecular complexity index is 347. The summed E-state index contributed by atoms with van der Waals surface area (Å²) in [7, 11) is 2.20. The van der Waals surface area contributed by atoms with E-state index in [9.17, 15) is 0 Å². The van der Waals surface area contributed by atoms with Gasteiger partial charge < -0.3 is 5.32 Å². The van der Waals surface area contributed by atoms with Crippen molar-refractivity contribution in [1.29, 1.82) is 0 Å². The Hall–Kier alpha value is -0.550. The number of nitrogens with one attached hydrogen (secondary N) is 1. The third-order valence-electron chi connectivity index (χ3n) is 3.26. The van der Waals surface area contributed by atoms with Gasteiger partial charge in [0, 0.05) is 37.6 Å². The molecule has 1 aromatic rings. The van der Waals surface area contributed by atoms with Gasteiger partial charge in [-0.2, -0.15) is 0 Å². The molecule has 1 heterocycles. The highest BCUT2D eigenvalue weighted by Crippen LogP contribution is 2.15. The van der Waals surface area contributed by atoms with Gasteiger partial charge >= 0.3 is 0 Å². The summed E-state index contributed by atoms with van der Waals surface area (Å²) in [6.07, 6.45) is 2.12. The van der Waals surface area contributed by atoms with Crippen molar-refractivity contribution in [2.24, 2.45) is 0 Å². The maximum atomic E-state index is 3.39. The summed E-state index contributed by atoms with van der Waals surface area (Å²) >= 11 is 1.80. The zero-order chi connectivity index (χ0) is 12.8. The van der Waals surface area contributed by atoms with Gasteiger partial charge in [-0.25, -0.2) is 0 Å². The van der Waals surface area contributed by atoms with Crippen LogP contribution in [-0.2, 0) is 6.54 Å². The van der Waals surface area contributed by atoms with E-state index in [0.29, 0.717) is 0 Å². The molecule has 100 valence electrons. The maximum absolute atomic E-state index is 3.39. The predicted octanol–water partition coefficient (Wildman–Crippen LogP) is 1.70. The zero-order valence-electron chi connectivity index (χ0n) is 11.4. The standard InChI is InChI=1S/C14H23N3S/c1-16(12-17-9-7-15-8-10-17)11-13-3-5-14(18-2)6-4-13/h3-6,15H,7-12H2,1-2H3. The molecule has 0 amide bonds. The molecule has 0 atom stereocenters. The van der Waals surface area contributed by atoms with E-state index in [4.69, 9.17) is 0 Å². The summed E-state index contributed by atoms with van der Waals surface area (Å²) in [6, 6.07) is 8.89. The van der Waals surface area contributed by atoms with Crippen LogP contribution in [0.5, 0.6) is 0 Å². The first-order valence-electron chi connectivity index (χ1n) is 6.52. The minimum atomic E-state index is 1.03. The number of hydrogen-bond acceptors (Lipinski definition) is 4. The van der Waals surface area contributed by atoms with Crippen molar-refractivity contribution in [3.8, 4) is 0 Å². The van der Waals surface area contributed by atoms with E-state index in [-0.39, 0.29) is 0 Å². The molecule has 0 saturated carbocycles. The molecule has 1 aromatic carbocycles. The molecule has 2 rings (SSSR count). The van der Waals surface area contributed by atoms with Gasteiger partial charge in [0.25, 0.3) is 0 Å². The van der Waals surface area contributed by atoms with Gasteiger partial charge in [0.1, 0.15) is 0 Å². The van der Waals surface area contributed by atoms with Crippen molar-refractivity contribution in [2.45, 2.75) is 11.4 Å². The van der Waals surface area contributed by atoms with E-state index in [0.717, 1.165) is 39.4 Å². The second-order valence-corrected chi connectivity index (χ2v) is 5.75. The molecule has 3 nitrogen and oxygen atoms in total. The number of piperazine rings is 1. The van der Waals surface area contributed by atoms with Crippen LogP contribution in [0.25, 0.3) is 0 Å². The lowest BCUT2D eigenvalue weighted by atomic mass is 10.2. The van der Waals surface area contributed by atoms with Gasteiger partial charge in [-0.15, -0.1) is 11.8 Å². The van der Waals surface area contributed by atoms with Crippen LogP contribution in [0.2, 0.25) is 0 Å². The normalized spacial score (nSPS) is 17.3.